The molecular weight excluding hydrogens is 348 g/mol. The molecule has 0 amide bonds. The summed E-state index contributed by atoms with van der Waals surface area (Å²) in [6.45, 7) is 27.6. The Morgan fingerprint density at radius 1 is 0.458 bits per heavy atom. The van der Waals surface area contributed by atoms with Gasteiger partial charge in [-0.3, -0.25) is 0 Å². The summed E-state index contributed by atoms with van der Waals surface area (Å²) in [6.07, 6.45) is 0. The van der Waals surface area contributed by atoms with E-state index in [1.165, 1.54) is 0 Å². The first-order valence-electron chi connectivity index (χ1n) is 9.66. The smallest absolute Gasteiger partial charge is 0.325 e. The molecular formula is C18H42O3Si3. The van der Waals surface area contributed by atoms with Gasteiger partial charge < -0.3 is 12.3 Å². The average molecular weight is 391 g/mol. The Hall–Kier alpha value is 0.531. The van der Waals surface area contributed by atoms with Gasteiger partial charge in [0.15, 0.2) is 0 Å². The van der Waals surface area contributed by atoms with Gasteiger partial charge in [0.25, 0.3) is 0 Å². The maximum atomic E-state index is 7.11. The summed E-state index contributed by atoms with van der Waals surface area (Å²) in [5.74, 6) is 0. The highest BCUT2D eigenvalue weighted by atomic mass is 28.5. The van der Waals surface area contributed by atoms with Crippen molar-refractivity contribution in [1.82, 2.24) is 0 Å². The molecule has 0 atom stereocenters. The highest BCUT2D eigenvalue weighted by Crippen LogP contribution is 2.58. The van der Waals surface area contributed by atoms with Gasteiger partial charge in [0.2, 0.25) is 0 Å². The SMILES string of the molecule is CC[Si]1(C(C)(C)C)O[Si](CC)(C(C)(C)C)O[Si](CC)(C(C)(C)C)O1. The van der Waals surface area contributed by atoms with E-state index in [-0.39, 0.29) is 15.1 Å². The summed E-state index contributed by atoms with van der Waals surface area (Å²) < 4.78 is 21.3. The van der Waals surface area contributed by atoms with E-state index in [9.17, 15) is 0 Å². The summed E-state index contributed by atoms with van der Waals surface area (Å²) in [4.78, 5) is 0. The van der Waals surface area contributed by atoms with Crippen LogP contribution in [0.5, 0.6) is 0 Å². The van der Waals surface area contributed by atoms with Gasteiger partial charge in [0.05, 0.1) is 0 Å². The van der Waals surface area contributed by atoms with Gasteiger partial charge in [-0.2, -0.15) is 0 Å². The first-order chi connectivity index (χ1) is 10.6. The zero-order valence-electron chi connectivity index (χ0n) is 18.3. The van der Waals surface area contributed by atoms with Crippen molar-refractivity contribution in [2.75, 3.05) is 0 Å². The third-order valence-corrected chi connectivity index (χ3v) is 23.4. The van der Waals surface area contributed by atoms with E-state index in [0.717, 1.165) is 18.1 Å². The Morgan fingerprint density at radius 3 is 0.708 bits per heavy atom. The highest BCUT2D eigenvalue weighted by Gasteiger charge is 2.69. The maximum absolute atomic E-state index is 7.11. The molecule has 3 nitrogen and oxygen atoms in total. The minimum atomic E-state index is -2.39. The molecule has 0 radical (unpaired) electrons. The third kappa shape index (κ3) is 3.51. The molecule has 1 fully saturated rings. The summed E-state index contributed by atoms with van der Waals surface area (Å²) in [5, 5.41) is 0.134. The van der Waals surface area contributed by atoms with Crippen LogP contribution in [0.25, 0.3) is 0 Å². The molecule has 0 aliphatic carbocycles. The fourth-order valence-corrected chi connectivity index (χ4v) is 25.8. The van der Waals surface area contributed by atoms with Crippen molar-refractivity contribution in [3.05, 3.63) is 0 Å². The Labute approximate surface area is 154 Å². The Balaban J connectivity index is 3.69. The van der Waals surface area contributed by atoms with E-state index in [0.29, 0.717) is 0 Å². The quantitative estimate of drug-likeness (QED) is 0.494. The normalized spacial score (nSPS) is 36.0. The molecule has 0 bridgehead atoms. The molecule has 0 saturated carbocycles. The lowest BCUT2D eigenvalue weighted by Gasteiger charge is -2.62. The molecule has 1 aliphatic heterocycles. The Morgan fingerprint density at radius 2 is 0.625 bits per heavy atom. The van der Waals surface area contributed by atoms with E-state index >= 15 is 0 Å². The zero-order valence-corrected chi connectivity index (χ0v) is 21.3. The van der Waals surface area contributed by atoms with Crippen LogP contribution >= 0.6 is 0 Å². The lowest BCUT2D eigenvalue weighted by Crippen LogP contribution is -2.76. The van der Waals surface area contributed by atoms with E-state index in [4.69, 9.17) is 12.3 Å². The van der Waals surface area contributed by atoms with Crippen molar-refractivity contribution in [1.29, 1.82) is 0 Å². The summed E-state index contributed by atoms with van der Waals surface area (Å²) in [5.41, 5.74) is 0. The lowest BCUT2D eigenvalue weighted by atomic mass is 10.2. The van der Waals surface area contributed by atoms with E-state index in [1.54, 1.807) is 0 Å². The lowest BCUT2D eigenvalue weighted by molar-refractivity contribution is 0.161. The monoisotopic (exact) mass is 390 g/mol. The summed E-state index contributed by atoms with van der Waals surface area (Å²) in [7, 11) is -7.18. The molecule has 1 heterocycles. The molecule has 0 aromatic rings. The first-order valence-corrected chi connectivity index (χ1v) is 15.7. The van der Waals surface area contributed by atoms with Crippen molar-refractivity contribution in [3.63, 3.8) is 0 Å². The molecule has 6 heteroatoms. The number of rotatable bonds is 3. The van der Waals surface area contributed by atoms with Crippen LogP contribution in [-0.2, 0) is 12.3 Å². The summed E-state index contributed by atoms with van der Waals surface area (Å²) >= 11 is 0. The van der Waals surface area contributed by atoms with Gasteiger partial charge in [-0.05, 0) is 18.1 Å². The minimum Gasteiger partial charge on any atom is -0.415 e. The fraction of sp³-hybridized carbons (Fsp3) is 1.00. The second-order valence-corrected chi connectivity index (χ2v) is 24.0. The van der Waals surface area contributed by atoms with Crippen molar-refractivity contribution >= 4 is 25.7 Å². The van der Waals surface area contributed by atoms with Gasteiger partial charge >= 0.3 is 25.7 Å². The van der Waals surface area contributed by atoms with Crippen LogP contribution in [0.2, 0.25) is 33.2 Å². The van der Waals surface area contributed by atoms with Crippen LogP contribution in [0.4, 0.5) is 0 Å². The number of hydrogen-bond donors (Lipinski definition) is 0. The molecule has 1 rings (SSSR count). The van der Waals surface area contributed by atoms with E-state index < -0.39 is 25.7 Å². The third-order valence-electron chi connectivity index (χ3n) is 5.81. The second kappa shape index (κ2) is 6.60. The van der Waals surface area contributed by atoms with Crippen molar-refractivity contribution < 1.29 is 12.3 Å². The van der Waals surface area contributed by atoms with Gasteiger partial charge in [0.1, 0.15) is 0 Å². The van der Waals surface area contributed by atoms with Gasteiger partial charge in [-0.25, -0.2) is 0 Å². The molecule has 0 N–H and O–H groups in total. The number of hydrogen-bond acceptors (Lipinski definition) is 3. The molecule has 1 saturated heterocycles. The van der Waals surface area contributed by atoms with Crippen LogP contribution < -0.4 is 0 Å². The predicted octanol–water partition coefficient (Wildman–Crippen LogP) is 6.84. The standard InChI is InChI=1S/C18H42O3Si3/c1-13-22(16(4,5)6)19-23(14-2,17(7,8)9)21-24(15-3,20-22)18(10,11)12/h13-15H2,1-12H3. The predicted molar refractivity (Wildman–Crippen MR) is 111 cm³/mol. The van der Waals surface area contributed by atoms with Crippen LogP contribution in [0.15, 0.2) is 0 Å². The molecule has 1 aliphatic rings. The molecule has 0 spiro atoms. The van der Waals surface area contributed by atoms with Gasteiger partial charge in [0, 0.05) is 15.1 Å². The molecule has 0 aromatic heterocycles. The minimum absolute atomic E-state index is 0.0445. The van der Waals surface area contributed by atoms with Crippen molar-refractivity contribution in [3.8, 4) is 0 Å². The van der Waals surface area contributed by atoms with Crippen LogP contribution in [0, 0.1) is 0 Å². The maximum Gasteiger partial charge on any atom is 0.325 e. The largest absolute Gasteiger partial charge is 0.415 e. The Bertz CT molecular complexity index is 371. The van der Waals surface area contributed by atoms with Crippen LogP contribution in [0.3, 0.4) is 0 Å². The molecule has 144 valence electrons. The van der Waals surface area contributed by atoms with E-state index in [1.807, 2.05) is 0 Å². The van der Waals surface area contributed by atoms with Crippen molar-refractivity contribution in [2.24, 2.45) is 0 Å². The second-order valence-electron chi connectivity index (χ2n) is 10.4. The Kier molecular flexibility index (Phi) is 6.21. The van der Waals surface area contributed by atoms with E-state index in [2.05, 4.69) is 83.1 Å². The molecule has 0 aromatic carbocycles. The summed E-state index contributed by atoms with van der Waals surface area (Å²) in [6, 6.07) is 2.99. The molecule has 24 heavy (non-hydrogen) atoms. The van der Waals surface area contributed by atoms with Crippen molar-refractivity contribution in [2.45, 2.75) is 116 Å². The average Bonchev–Trinajstić information content (AvgIpc) is 2.42. The van der Waals surface area contributed by atoms with Gasteiger partial charge in [-0.15, -0.1) is 0 Å². The topological polar surface area (TPSA) is 27.7 Å². The van der Waals surface area contributed by atoms with Crippen LogP contribution in [0.1, 0.15) is 83.1 Å². The van der Waals surface area contributed by atoms with Crippen LogP contribution in [-0.4, -0.2) is 25.7 Å². The highest BCUT2D eigenvalue weighted by molar-refractivity contribution is 6.97. The van der Waals surface area contributed by atoms with Gasteiger partial charge in [-0.1, -0.05) is 83.1 Å². The first kappa shape index (κ1) is 22.6. The molecule has 0 unspecified atom stereocenters. The zero-order chi connectivity index (χ0) is 19.2. The fourth-order valence-electron chi connectivity index (χ4n) is 3.80.